The maximum absolute atomic E-state index is 12.5. The zero-order chi connectivity index (χ0) is 19.1. The highest BCUT2D eigenvalue weighted by Gasteiger charge is 2.10. The van der Waals surface area contributed by atoms with Gasteiger partial charge < -0.3 is 20.1 Å². The van der Waals surface area contributed by atoms with Crippen LogP contribution in [0.25, 0.3) is 0 Å². The number of pyridine rings is 1. The molecular formula is C21H21N3O3. The van der Waals surface area contributed by atoms with Crippen LogP contribution in [0.1, 0.15) is 17.3 Å². The fourth-order valence-corrected chi connectivity index (χ4v) is 2.53. The summed E-state index contributed by atoms with van der Waals surface area (Å²) in [5.74, 6) is 1.72. The van der Waals surface area contributed by atoms with Crippen LogP contribution in [0.15, 0.2) is 66.9 Å². The summed E-state index contributed by atoms with van der Waals surface area (Å²) in [6.07, 6.45) is 1.52. The number of nitrogens with zero attached hydrogens (tertiary/aromatic N) is 1. The summed E-state index contributed by atoms with van der Waals surface area (Å²) in [6.45, 7) is 2.42. The van der Waals surface area contributed by atoms with Crippen molar-refractivity contribution < 1.29 is 14.3 Å². The van der Waals surface area contributed by atoms with Gasteiger partial charge >= 0.3 is 0 Å². The van der Waals surface area contributed by atoms with Crippen LogP contribution in [0.4, 0.5) is 17.2 Å². The molecule has 1 heterocycles. The SMILES string of the molecule is CCOc1ccccc1NC(=O)c1ccc(Nc2ccccc2OC)nc1. The number of carbonyl (C=O) groups is 1. The number of benzene rings is 2. The van der Waals surface area contributed by atoms with E-state index in [1.54, 1.807) is 25.3 Å². The summed E-state index contributed by atoms with van der Waals surface area (Å²) in [5, 5.41) is 6.03. The predicted molar refractivity (Wildman–Crippen MR) is 106 cm³/mol. The number of hydrogen-bond donors (Lipinski definition) is 2. The molecule has 0 spiro atoms. The number of para-hydroxylation sites is 4. The zero-order valence-electron chi connectivity index (χ0n) is 15.2. The molecule has 1 amide bonds. The van der Waals surface area contributed by atoms with Crippen molar-refractivity contribution in [2.24, 2.45) is 0 Å². The highest BCUT2D eigenvalue weighted by Crippen LogP contribution is 2.27. The quantitative estimate of drug-likeness (QED) is 0.647. The third-order valence-corrected chi connectivity index (χ3v) is 3.83. The van der Waals surface area contributed by atoms with Gasteiger partial charge in [-0.25, -0.2) is 4.98 Å². The summed E-state index contributed by atoms with van der Waals surface area (Å²) in [5.41, 5.74) is 1.88. The zero-order valence-corrected chi connectivity index (χ0v) is 15.2. The topological polar surface area (TPSA) is 72.5 Å². The fraction of sp³-hybridized carbons (Fsp3) is 0.143. The first-order valence-corrected chi connectivity index (χ1v) is 8.60. The van der Waals surface area contributed by atoms with Gasteiger partial charge in [0, 0.05) is 6.20 Å². The van der Waals surface area contributed by atoms with Crippen LogP contribution < -0.4 is 20.1 Å². The molecule has 0 unspecified atom stereocenters. The second-order valence-corrected chi connectivity index (χ2v) is 5.64. The van der Waals surface area contributed by atoms with Gasteiger partial charge in [0.2, 0.25) is 0 Å². The number of aromatic nitrogens is 1. The average molecular weight is 363 g/mol. The summed E-state index contributed by atoms with van der Waals surface area (Å²) in [4.78, 5) is 16.8. The van der Waals surface area contributed by atoms with Crippen molar-refractivity contribution in [2.45, 2.75) is 6.92 Å². The predicted octanol–water partition coefficient (Wildman–Crippen LogP) is 4.48. The van der Waals surface area contributed by atoms with Gasteiger partial charge in [0.15, 0.2) is 0 Å². The van der Waals surface area contributed by atoms with Crippen LogP contribution in [0.5, 0.6) is 11.5 Å². The van der Waals surface area contributed by atoms with Gasteiger partial charge in [-0.15, -0.1) is 0 Å². The van der Waals surface area contributed by atoms with Crippen LogP contribution in [-0.4, -0.2) is 24.6 Å². The number of anilines is 3. The lowest BCUT2D eigenvalue weighted by Gasteiger charge is -2.12. The maximum atomic E-state index is 12.5. The minimum atomic E-state index is -0.251. The van der Waals surface area contributed by atoms with Crippen molar-refractivity contribution in [2.75, 3.05) is 24.4 Å². The van der Waals surface area contributed by atoms with E-state index in [9.17, 15) is 4.79 Å². The van der Waals surface area contributed by atoms with Crippen molar-refractivity contribution in [3.63, 3.8) is 0 Å². The molecule has 0 aliphatic rings. The Morgan fingerprint density at radius 3 is 2.33 bits per heavy atom. The molecule has 0 aliphatic carbocycles. The standard InChI is InChI=1S/C21H21N3O3/c1-3-27-19-11-7-5-9-17(19)24-21(25)15-12-13-20(22-14-15)23-16-8-4-6-10-18(16)26-2/h4-14H,3H2,1-2H3,(H,22,23)(H,24,25). The number of amides is 1. The Morgan fingerprint density at radius 2 is 1.67 bits per heavy atom. The van der Waals surface area contributed by atoms with E-state index in [-0.39, 0.29) is 5.91 Å². The first-order chi connectivity index (χ1) is 13.2. The number of carbonyl (C=O) groups excluding carboxylic acids is 1. The molecular weight excluding hydrogens is 342 g/mol. The lowest BCUT2D eigenvalue weighted by Crippen LogP contribution is -2.13. The Hall–Kier alpha value is -3.54. The van der Waals surface area contributed by atoms with E-state index < -0.39 is 0 Å². The second kappa shape index (κ2) is 8.71. The molecule has 6 heteroatoms. The van der Waals surface area contributed by atoms with Crippen LogP contribution in [-0.2, 0) is 0 Å². The molecule has 3 aromatic rings. The Bertz CT molecular complexity index is 911. The molecule has 138 valence electrons. The number of nitrogens with one attached hydrogen (secondary N) is 2. The van der Waals surface area contributed by atoms with E-state index in [0.717, 1.165) is 5.69 Å². The van der Waals surface area contributed by atoms with Crippen molar-refractivity contribution in [1.82, 2.24) is 4.98 Å². The van der Waals surface area contributed by atoms with Crippen LogP contribution in [0.2, 0.25) is 0 Å². The van der Waals surface area contributed by atoms with E-state index in [2.05, 4.69) is 15.6 Å². The van der Waals surface area contributed by atoms with Crippen molar-refractivity contribution in [1.29, 1.82) is 0 Å². The molecule has 0 bridgehead atoms. The molecule has 2 N–H and O–H groups in total. The van der Waals surface area contributed by atoms with Gasteiger partial charge in [-0.2, -0.15) is 0 Å². The smallest absolute Gasteiger partial charge is 0.257 e. The lowest BCUT2D eigenvalue weighted by atomic mass is 10.2. The Labute approximate surface area is 158 Å². The number of hydrogen-bond acceptors (Lipinski definition) is 5. The maximum Gasteiger partial charge on any atom is 0.257 e. The van der Waals surface area contributed by atoms with Crippen LogP contribution in [0.3, 0.4) is 0 Å². The highest BCUT2D eigenvalue weighted by atomic mass is 16.5. The van der Waals surface area contributed by atoms with Crippen molar-refractivity contribution in [3.8, 4) is 11.5 Å². The monoisotopic (exact) mass is 363 g/mol. The second-order valence-electron chi connectivity index (χ2n) is 5.64. The molecule has 27 heavy (non-hydrogen) atoms. The molecule has 0 saturated heterocycles. The Morgan fingerprint density at radius 1 is 0.963 bits per heavy atom. The Balaban J connectivity index is 1.71. The summed E-state index contributed by atoms with van der Waals surface area (Å²) >= 11 is 0. The first-order valence-electron chi connectivity index (χ1n) is 8.60. The molecule has 1 aromatic heterocycles. The third-order valence-electron chi connectivity index (χ3n) is 3.83. The molecule has 0 fully saturated rings. The van der Waals surface area contributed by atoms with Gasteiger partial charge in [0.1, 0.15) is 17.3 Å². The van der Waals surface area contributed by atoms with Gasteiger partial charge in [-0.3, -0.25) is 4.79 Å². The number of rotatable bonds is 7. The van der Waals surface area contributed by atoms with E-state index in [4.69, 9.17) is 9.47 Å². The molecule has 2 aromatic carbocycles. The van der Waals surface area contributed by atoms with Gasteiger partial charge in [-0.05, 0) is 43.3 Å². The van der Waals surface area contributed by atoms with E-state index in [1.165, 1.54) is 6.20 Å². The largest absolute Gasteiger partial charge is 0.495 e. The van der Waals surface area contributed by atoms with E-state index in [0.29, 0.717) is 35.2 Å². The Kier molecular flexibility index (Phi) is 5.89. The van der Waals surface area contributed by atoms with E-state index in [1.807, 2.05) is 49.4 Å². The number of ether oxygens (including phenoxy) is 2. The highest BCUT2D eigenvalue weighted by molar-refractivity contribution is 6.04. The van der Waals surface area contributed by atoms with Crippen molar-refractivity contribution in [3.05, 3.63) is 72.4 Å². The normalized spacial score (nSPS) is 10.1. The first kappa shape index (κ1) is 18.3. The lowest BCUT2D eigenvalue weighted by molar-refractivity contribution is 0.102. The molecule has 6 nitrogen and oxygen atoms in total. The minimum Gasteiger partial charge on any atom is -0.495 e. The third kappa shape index (κ3) is 4.55. The van der Waals surface area contributed by atoms with Crippen LogP contribution in [0, 0.1) is 0 Å². The summed E-state index contributed by atoms with van der Waals surface area (Å²) in [7, 11) is 1.61. The molecule has 0 saturated carbocycles. The summed E-state index contributed by atoms with van der Waals surface area (Å²) < 4.78 is 10.8. The molecule has 0 atom stereocenters. The summed E-state index contributed by atoms with van der Waals surface area (Å²) in [6, 6.07) is 18.3. The van der Waals surface area contributed by atoms with Gasteiger partial charge in [0.25, 0.3) is 5.91 Å². The molecule has 0 radical (unpaired) electrons. The fourth-order valence-electron chi connectivity index (χ4n) is 2.53. The minimum absolute atomic E-state index is 0.251. The van der Waals surface area contributed by atoms with Crippen molar-refractivity contribution >= 4 is 23.1 Å². The molecule has 0 aliphatic heterocycles. The molecule has 3 rings (SSSR count). The van der Waals surface area contributed by atoms with Gasteiger partial charge in [-0.1, -0.05) is 24.3 Å². The van der Waals surface area contributed by atoms with Crippen LogP contribution >= 0.6 is 0 Å². The average Bonchev–Trinajstić information content (AvgIpc) is 2.70. The van der Waals surface area contributed by atoms with Gasteiger partial charge in [0.05, 0.1) is 30.7 Å². The number of methoxy groups -OCH3 is 1. The van der Waals surface area contributed by atoms with E-state index >= 15 is 0 Å².